The van der Waals surface area contributed by atoms with E-state index in [1.165, 1.54) is 0 Å². The molecule has 1 N–H and O–H groups in total. The molecule has 3 rings (SSSR count). The molecular formula is C18H16N2O5. The number of aromatic nitrogens is 1. The maximum Gasteiger partial charge on any atom is 0.339 e. The molecule has 0 radical (unpaired) electrons. The minimum atomic E-state index is -0.592. The van der Waals surface area contributed by atoms with Gasteiger partial charge >= 0.3 is 5.97 Å². The molecule has 0 aliphatic carbocycles. The van der Waals surface area contributed by atoms with Crippen LogP contribution in [0.3, 0.4) is 0 Å². The molecule has 0 bridgehead atoms. The lowest BCUT2D eigenvalue weighted by Crippen LogP contribution is -2.21. The standard InChI is InChI=1S/C18H16N2O5/c1-11-9-16(20-25-11)19-17(21)10-24-18(22)14-7-8-15(23-2)13-6-4-3-5-12(13)14/h3-9H,10H2,1-2H3,(H,19,20,21). The van der Waals surface area contributed by atoms with Crippen LogP contribution in [0, 0.1) is 6.92 Å². The van der Waals surface area contributed by atoms with Gasteiger partial charge in [-0.1, -0.05) is 29.4 Å². The molecule has 0 saturated carbocycles. The second-order valence-corrected chi connectivity index (χ2v) is 5.31. The summed E-state index contributed by atoms with van der Waals surface area (Å²) in [6.07, 6.45) is 0. The number of benzene rings is 2. The van der Waals surface area contributed by atoms with E-state index in [1.54, 1.807) is 38.3 Å². The third kappa shape index (κ3) is 3.60. The van der Waals surface area contributed by atoms with Crippen LogP contribution in [0.15, 0.2) is 47.0 Å². The summed E-state index contributed by atoms with van der Waals surface area (Å²) in [5, 5.41) is 7.61. The van der Waals surface area contributed by atoms with Gasteiger partial charge < -0.3 is 19.3 Å². The molecule has 0 unspecified atom stereocenters. The van der Waals surface area contributed by atoms with Gasteiger partial charge in [0.1, 0.15) is 11.5 Å². The Labute approximate surface area is 143 Å². The number of rotatable bonds is 5. The number of ether oxygens (including phenoxy) is 2. The lowest BCUT2D eigenvalue weighted by atomic mass is 10.0. The molecule has 3 aromatic rings. The Morgan fingerprint density at radius 1 is 1.16 bits per heavy atom. The molecule has 0 spiro atoms. The van der Waals surface area contributed by atoms with Crippen molar-refractivity contribution in [1.82, 2.24) is 5.16 Å². The predicted molar refractivity (Wildman–Crippen MR) is 90.7 cm³/mol. The third-order valence-electron chi connectivity index (χ3n) is 3.55. The summed E-state index contributed by atoms with van der Waals surface area (Å²) in [7, 11) is 1.57. The van der Waals surface area contributed by atoms with E-state index in [0.29, 0.717) is 22.5 Å². The zero-order valence-electron chi connectivity index (χ0n) is 13.7. The van der Waals surface area contributed by atoms with E-state index < -0.39 is 18.5 Å². The molecule has 0 fully saturated rings. The molecule has 0 aliphatic rings. The highest BCUT2D eigenvalue weighted by Gasteiger charge is 2.16. The van der Waals surface area contributed by atoms with E-state index in [0.717, 1.165) is 5.39 Å². The molecule has 7 nitrogen and oxygen atoms in total. The first-order chi connectivity index (χ1) is 12.1. The summed E-state index contributed by atoms with van der Waals surface area (Å²) in [6, 6.07) is 12.2. The van der Waals surface area contributed by atoms with Gasteiger partial charge in [0.2, 0.25) is 0 Å². The molecule has 25 heavy (non-hydrogen) atoms. The van der Waals surface area contributed by atoms with E-state index in [9.17, 15) is 9.59 Å². The number of methoxy groups -OCH3 is 1. The van der Waals surface area contributed by atoms with Crippen LogP contribution in [0.4, 0.5) is 5.82 Å². The molecule has 1 heterocycles. The van der Waals surface area contributed by atoms with Crippen LogP contribution in [0.25, 0.3) is 10.8 Å². The van der Waals surface area contributed by atoms with Gasteiger partial charge in [-0.25, -0.2) is 4.79 Å². The molecule has 0 aliphatic heterocycles. The van der Waals surface area contributed by atoms with Crippen molar-refractivity contribution in [3.8, 4) is 5.75 Å². The van der Waals surface area contributed by atoms with Crippen LogP contribution in [-0.4, -0.2) is 30.7 Å². The fraction of sp³-hybridized carbons (Fsp3) is 0.167. The number of nitrogens with one attached hydrogen (secondary N) is 1. The SMILES string of the molecule is COc1ccc(C(=O)OCC(=O)Nc2cc(C)on2)c2ccccc12. The van der Waals surface area contributed by atoms with Crippen molar-refractivity contribution in [3.05, 3.63) is 53.8 Å². The van der Waals surface area contributed by atoms with Crippen molar-refractivity contribution in [2.75, 3.05) is 19.0 Å². The van der Waals surface area contributed by atoms with E-state index in [4.69, 9.17) is 14.0 Å². The van der Waals surface area contributed by atoms with Crippen molar-refractivity contribution in [1.29, 1.82) is 0 Å². The Morgan fingerprint density at radius 3 is 2.60 bits per heavy atom. The smallest absolute Gasteiger partial charge is 0.339 e. The highest BCUT2D eigenvalue weighted by molar-refractivity contribution is 6.07. The lowest BCUT2D eigenvalue weighted by Gasteiger charge is -2.10. The summed E-state index contributed by atoms with van der Waals surface area (Å²) in [6.45, 7) is 1.28. The van der Waals surface area contributed by atoms with Crippen LogP contribution in [0.2, 0.25) is 0 Å². The second-order valence-electron chi connectivity index (χ2n) is 5.31. The molecule has 0 atom stereocenters. The highest BCUT2D eigenvalue weighted by atomic mass is 16.5. The summed E-state index contributed by atoms with van der Waals surface area (Å²) >= 11 is 0. The first kappa shape index (κ1) is 16.5. The van der Waals surface area contributed by atoms with E-state index in [1.807, 2.05) is 18.2 Å². The summed E-state index contributed by atoms with van der Waals surface area (Å²) in [4.78, 5) is 24.2. The number of aryl methyl sites for hydroxylation is 1. The van der Waals surface area contributed by atoms with Crippen LogP contribution >= 0.6 is 0 Å². The quantitative estimate of drug-likeness (QED) is 0.718. The lowest BCUT2D eigenvalue weighted by molar-refractivity contribution is -0.119. The number of nitrogens with zero attached hydrogens (tertiary/aromatic N) is 1. The maximum atomic E-state index is 12.3. The fourth-order valence-corrected chi connectivity index (χ4v) is 2.44. The number of fused-ring (bicyclic) bond motifs is 1. The molecule has 2 aromatic carbocycles. The maximum absolute atomic E-state index is 12.3. The van der Waals surface area contributed by atoms with Crippen LogP contribution in [0.1, 0.15) is 16.1 Å². The van der Waals surface area contributed by atoms with Gasteiger partial charge in [-0.2, -0.15) is 0 Å². The Morgan fingerprint density at radius 2 is 1.92 bits per heavy atom. The number of esters is 1. The number of anilines is 1. The summed E-state index contributed by atoms with van der Waals surface area (Å²) in [5.74, 6) is 0.404. The average Bonchev–Trinajstić information content (AvgIpc) is 3.03. The molecule has 128 valence electrons. The van der Waals surface area contributed by atoms with Crippen molar-refractivity contribution in [2.24, 2.45) is 0 Å². The Kier molecular flexibility index (Phi) is 4.65. The van der Waals surface area contributed by atoms with Crippen LogP contribution in [-0.2, 0) is 9.53 Å². The Balaban J connectivity index is 1.71. The van der Waals surface area contributed by atoms with E-state index >= 15 is 0 Å². The first-order valence-corrected chi connectivity index (χ1v) is 7.54. The minimum absolute atomic E-state index is 0.272. The number of carbonyl (C=O) groups excluding carboxylic acids is 2. The summed E-state index contributed by atoms with van der Waals surface area (Å²) < 4.78 is 15.2. The van der Waals surface area contributed by atoms with Crippen molar-refractivity contribution in [2.45, 2.75) is 6.92 Å². The minimum Gasteiger partial charge on any atom is -0.496 e. The predicted octanol–water partition coefficient (Wildman–Crippen LogP) is 2.94. The van der Waals surface area contributed by atoms with E-state index in [-0.39, 0.29) is 5.82 Å². The number of amides is 1. The van der Waals surface area contributed by atoms with Crippen LogP contribution in [0.5, 0.6) is 5.75 Å². The van der Waals surface area contributed by atoms with Gasteiger partial charge in [0, 0.05) is 11.5 Å². The van der Waals surface area contributed by atoms with Crippen molar-refractivity contribution in [3.63, 3.8) is 0 Å². The molecule has 1 aromatic heterocycles. The van der Waals surface area contributed by atoms with Gasteiger partial charge in [-0.05, 0) is 24.4 Å². The van der Waals surface area contributed by atoms with Gasteiger partial charge in [-0.15, -0.1) is 0 Å². The summed E-state index contributed by atoms with van der Waals surface area (Å²) in [5.41, 5.74) is 0.362. The second kappa shape index (κ2) is 7.04. The average molecular weight is 340 g/mol. The third-order valence-corrected chi connectivity index (χ3v) is 3.55. The molecular weight excluding hydrogens is 324 g/mol. The van der Waals surface area contributed by atoms with E-state index in [2.05, 4.69) is 10.5 Å². The monoisotopic (exact) mass is 340 g/mol. The van der Waals surface area contributed by atoms with Gasteiger partial charge in [0.25, 0.3) is 5.91 Å². The molecule has 7 heteroatoms. The molecule has 1 amide bonds. The Bertz CT molecular complexity index is 932. The van der Waals surface area contributed by atoms with Crippen molar-refractivity contribution >= 4 is 28.5 Å². The fourth-order valence-electron chi connectivity index (χ4n) is 2.44. The Hall–Kier alpha value is -3.35. The largest absolute Gasteiger partial charge is 0.496 e. The highest BCUT2D eigenvalue weighted by Crippen LogP contribution is 2.28. The van der Waals surface area contributed by atoms with Crippen molar-refractivity contribution < 1.29 is 23.6 Å². The zero-order valence-corrected chi connectivity index (χ0v) is 13.7. The normalized spacial score (nSPS) is 10.5. The number of carbonyl (C=O) groups is 2. The van der Waals surface area contributed by atoms with Gasteiger partial charge in [0.05, 0.1) is 12.7 Å². The number of hydrogen-bond donors (Lipinski definition) is 1. The van der Waals surface area contributed by atoms with Gasteiger partial charge in [0.15, 0.2) is 12.4 Å². The zero-order chi connectivity index (χ0) is 17.8. The number of hydrogen-bond acceptors (Lipinski definition) is 6. The molecule has 0 saturated heterocycles. The topological polar surface area (TPSA) is 90.7 Å². The first-order valence-electron chi connectivity index (χ1n) is 7.54. The van der Waals surface area contributed by atoms with Gasteiger partial charge in [-0.3, -0.25) is 4.79 Å². The van der Waals surface area contributed by atoms with Crippen LogP contribution < -0.4 is 10.1 Å².